The van der Waals surface area contributed by atoms with Crippen LogP contribution in [0.1, 0.15) is 46.8 Å². The van der Waals surface area contributed by atoms with Crippen molar-refractivity contribution in [3.05, 3.63) is 105 Å². The number of rotatable bonds is 3. The van der Waals surface area contributed by atoms with Gasteiger partial charge in [-0.25, -0.2) is 5.01 Å². The second kappa shape index (κ2) is 8.89. The van der Waals surface area contributed by atoms with Gasteiger partial charge in [0.2, 0.25) is 0 Å². The van der Waals surface area contributed by atoms with Crippen molar-refractivity contribution in [2.75, 3.05) is 0 Å². The number of hydrazone groups is 1. The third-order valence-electron chi connectivity index (χ3n) is 6.04. The van der Waals surface area contributed by atoms with E-state index in [0.717, 1.165) is 36.1 Å². The highest BCUT2D eigenvalue weighted by atomic mass is 35.5. The molecular weight excluding hydrogens is 441 g/mol. The fraction of sp³-hybridized carbons (Fsp3) is 0.192. The van der Waals surface area contributed by atoms with Crippen molar-refractivity contribution >= 4 is 40.9 Å². The second-order valence-corrected chi connectivity index (χ2v) is 8.97. The molecule has 0 unspecified atom stereocenters. The standard InChI is InChI=1S/C26H21Cl2N3O/c27-21-10-6-17(7-11-21)15-19-3-1-5-23-24(19)30-31(26(32)20-4-2-14-29-16-20)25(23)18-8-12-22(28)13-9-18/h2,4,6-16,23,25H,1,3,5H2/b19-15-/t23-,25-/m0/s1. The molecule has 2 heterocycles. The largest absolute Gasteiger partial charge is 0.276 e. The normalized spacial score (nSPS) is 21.4. The monoisotopic (exact) mass is 461 g/mol. The van der Waals surface area contributed by atoms with E-state index in [9.17, 15) is 4.79 Å². The number of fused-ring (bicyclic) bond motifs is 1. The average Bonchev–Trinajstić information content (AvgIpc) is 3.22. The minimum atomic E-state index is -0.177. The van der Waals surface area contributed by atoms with Gasteiger partial charge in [0.15, 0.2) is 0 Å². The van der Waals surface area contributed by atoms with Gasteiger partial charge in [0.25, 0.3) is 5.91 Å². The second-order valence-electron chi connectivity index (χ2n) is 8.09. The first-order valence-corrected chi connectivity index (χ1v) is 11.4. The van der Waals surface area contributed by atoms with E-state index >= 15 is 0 Å². The van der Waals surface area contributed by atoms with Crippen LogP contribution in [0, 0.1) is 5.92 Å². The summed E-state index contributed by atoms with van der Waals surface area (Å²) >= 11 is 12.2. The smallest absolute Gasteiger partial charge is 0.267 e. The Labute approximate surface area is 197 Å². The summed E-state index contributed by atoms with van der Waals surface area (Å²) in [7, 11) is 0. The van der Waals surface area contributed by atoms with Crippen LogP contribution in [0.5, 0.6) is 0 Å². The van der Waals surface area contributed by atoms with Crippen molar-refractivity contribution in [2.45, 2.75) is 25.3 Å². The molecule has 0 spiro atoms. The molecule has 2 atom stereocenters. The third kappa shape index (κ3) is 4.08. The zero-order chi connectivity index (χ0) is 22.1. The third-order valence-corrected chi connectivity index (χ3v) is 6.54. The lowest BCUT2D eigenvalue weighted by Gasteiger charge is -2.29. The van der Waals surface area contributed by atoms with Gasteiger partial charge in [0.05, 0.1) is 17.3 Å². The Morgan fingerprint density at radius 3 is 2.41 bits per heavy atom. The van der Waals surface area contributed by atoms with Crippen LogP contribution < -0.4 is 0 Å². The van der Waals surface area contributed by atoms with E-state index in [-0.39, 0.29) is 17.9 Å². The lowest BCUT2D eigenvalue weighted by atomic mass is 9.77. The van der Waals surface area contributed by atoms with Gasteiger partial charge in [-0.2, -0.15) is 5.10 Å². The molecule has 0 N–H and O–H groups in total. The molecule has 160 valence electrons. The summed E-state index contributed by atoms with van der Waals surface area (Å²) < 4.78 is 0. The summed E-state index contributed by atoms with van der Waals surface area (Å²) in [6, 6.07) is 18.9. The van der Waals surface area contributed by atoms with Gasteiger partial charge in [-0.3, -0.25) is 9.78 Å². The van der Waals surface area contributed by atoms with E-state index in [2.05, 4.69) is 11.1 Å². The van der Waals surface area contributed by atoms with E-state index in [1.165, 1.54) is 5.57 Å². The van der Waals surface area contributed by atoms with Gasteiger partial charge in [-0.15, -0.1) is 0 Å². The summed E-state index contributed by atoms with van der Waals surface area (Å²) in [5, 5.41) is 7.93. The first kappa shape index (κ1) is 20.9. The molecule has 2 aromatic carbocycles. The maximum Gasteiger partial charge on any atom is 0.276 e. The molecule has 0 saturated heterocycles. The number of aromatic nitrogens is 1. The number of pyridine rings is 1. The lowest BCUT2D eigenvalue weighted by molar-refractivity contribution is 0.0680. The Bertz CT molecular complexity index is 1190. The number of halogens is 2. The summed E-state index contributed by atoms with van der Waals surface area (Å²) in [5.74, 6) is -0.0186. The van der Waals surface area contributed by atoms with Gasteiger partial charge in [-0.1, -0.05) is 47.5 Å². The van der Waals surface area contributed by atoms with Crippen LogP contribution in [0.2, 0.25) is 10.0 Å². The van der Waals surface area contributed by atoms with Gasteiger partial charge in [0, 0.05) is 28.4 Å². The molecule has 6 heteroatoms. The predicted molar refractivity (Wildman–Crippen MR) is 129 cm³/mol. The molecule has 1 aliphatic carbocycles. The molecule has 1 fully saturated rings. The molecule has 5 rings (SSSR count). The van der Waals surface area contributed by atoms with Gasteiger partial charge < -0.3 is 0 Å². The van der Waals surface area contributed by atoms with Gasteiger partial charge in [0.1, 0.15) is 0 Å². The van der Waals surface area contributed by atoms with E-state index in [0.29, 0.717) is 15.6 Å². The fourth-order valence-electron chi connectivity index (χ4n) is 4.54. The average molecular weight is 462 g/mol. The molecule has 2 aliphatic rings. The number of carbonyl (C=O) groups is 1. The van der Waals surface area contributed by atoms with Crippen molar-refractivity contribution in [2.24, 2.45) is 11.0 Å². The lowest BCUT2D eigenvalue weighted by Crippen LogP contribution is -2.32. The van der Waals surface area contributed by atoms with Crippen molar-refractivity contribution < 1.29 is 4.79 Å². The van der Waals surface area contributed by atoms with Crippen LogP contribution in [-0.4, -0.2) is 21.6 Å². The Hall–Kier alpha value is -2.95. The zero-order valence-corrected chi connectivity index (χ0v) is 18.8. The number of carbonyl (C=O) groups excluding carboxylic acids is 1. The molecule has 1 amide bonds. The van der Waals surface area contributed by atoms with Gasteiger partial charge in [-0.05, 0) is 78.4 Å². The summed E-state index contributed by atoms with van der Waals surface area (Å²) in [6.45, 7) is 0. The van der Waals surface area contributed by atoms with E-state index in [1.54, 1.807) is 29.5 Å². The topological polar surface area (TPSA) is 45.6 Å². The number of allylic oxidation sites excluding steroid dienone is 1. The number of amides is 1. The summed E-state index contributed by atoms with van der Waals surface area (Å²) in [5.41, 5.74) is 4.79. The Morgan fingerprint density at radius 2 is 1.72 bits per heavy atom. The Kier molecular flexibility index (Phi) is 5.81. The zero-order valence-electron chi connectivity index (χ0n) is 17.3. The minimum Gasteiger partial charge on any atom is -0.267 e. The van der Waals surface area contributed by atoms with Crippen LogP contribution >= 0.6 is 23.2 Å². The van der Waals surface area contributed by atoms with Crippen molar-refractivity contribution in [3.8, 4) is 0 Å². The van der Waals surface area contributed by atoms with E-state index in [1.807, 2.05) is 48.5 Å². The first-order valence-electron chi connectivity index (χ1n) is 10.6. The highest BCUT2D eigenvalue weighted by Gasteiger charge is 2.43. The molecule has 1 aliphatic heterocycles. The fourth-order valence-corrected chi connectivity index (χ4v) is 4.79. The highest BCUT2D eigenvalue weighted by molar-refractivity contribution is 6.30. The minimum absolute atomic E-state index is 0.129. The van der Waals surface area contributed by atoms with E-state index < -0.39 is 0 Å². The number of hydrogen-bond donors (Lipinski definition) is 0. The van der Waals surface area contributed by atoms with Crippen molar-refractivity contribution in [3.63, 3.8) is 0 Å². The molecule has 4 nitrogen and oxygen atoms in total. The number of nitrogens with zero attached hydrogens (tertiary/aromatic N) is 3. The molecule has 0 bridgehead atoms. The maximum absolute atomic E-state index is 13.5. The molecule has 1 saturated carbocycles. The van der Waals surface area contributed by atoms with E-state index in [4.69, 9.17) is 28.3 Å². The molecule has 32 heavy (non-hydrogen) atoms. The van der Waals surface area contributed by atoms with Crippen LogP contribution in [-0.2, 0) is 0 Å². The van der Waals surface area contributed by atoms with Crippen molar-refractivity contribution in [1.82, 2.24) is 9.99 Å². The first-order chi connectivity index (χ1) is 15.6. The highest BCUT2D eigenvalue weighted by Crippen LogP contribution is 2.45. The molecule has 3 aromatic rings. The number of hydrogen-bond acceptors (Lipinski definition) is 3. The van der Waals surface area contributed by atoms with Crippen LogP contribution in [0.4, 0.5) is 0 Å². The summed E-state index contributed by atoms with van der Waals surface area (Å²) in [4.78, 5) is 17.6. The SMILES string of the molecule is O=C(c1cccnc1)N1N=C2/C(=C\c3ccc(Cl)cc3)CCC[C@@H]2[C@@H]1c1ccc(Cl)cc1. The summed E-state index contributed by atoms with van der Waals surface area (Å²) in [6.07, 6.45) is 8.37. The quantitative estimate of drug-likeness (QED) is 0.429. The Balaban J connectivity index is 1.57. The van der Waals surface area contributed by atoms with Crippen molar-refractivity contribution in [1.29, 1.82) is 0 Å². The predicted octanol–water partition coefficient (Wildman–Crippen LogP) is 6.83. The number of benzene rings is 2. The maximum atomic E-state index is 13.5. The Morgan fingerprint density at radius 1 is 1.00 bits per heavy atom. The van der Waals surface area contributed by atoms with Crippen LogP contribution in [0.3, 0.4) is 0 Å². The van der Waals surface area contributed by atoms with Crippen LogP contribution in [0.25, 0.3) is 6.08 Å². The molecular formula is C26H21Cl2N3O. The van der Waals surface area contributed by atoms with Crippen LogP contribution in [0.15, 0.2) is 83.7 Å². The van der Waals surface area contributed by atoms with Gasteiger partial charge >= 0.3 is 0 Å². The molecule has 0 radical (unpaired) electrons. The molecule has 1 aromatic heterocycles.